The summed E-state index contributed by atoms with van der Waals surface area (Å²) in [6, 6.07) is 8.23. The molecule has 0 spiro atoms. The van der Waals surface area contributed by atoms with Crippen molar-refractivity contribution in [2.75, 3.05) is 25.5 Å². The van der Waals surface area contributed by atoms with Gasteiger partial charge in [-0.25, -0.2) is 0 Å². The highest BCUT2D eigenvalue weighted by molar-refractivity contribution is 5.92. The molecule has 116 valence electrons. The molecule has 1 aromatic rings. The monoisotopic (exact) mass is 291 g/mol. The lowest BCUT2D eigenvalue weighted by molar-refractivity contribution is -0.899. The lowest BCUT2D eigenvalue weighted by Gasteiger charge is -2.27. The Labute approximate surface area is 127 Å². The van der Waals surface area contributed by atoms with Gasteiger partial charge in [-0.1, -0.05) is 18.6 Å². The number of quaternary nitrogens is 1. The van der Waals surface area contributed by atoms with E-state index in [1.807, 2.05) is 31.2 Å². The molecule has 1 atom stereocenters. The smallest absolute Gasteiger partial charge is 0.279 e. The van der Waals surface area contributed by atoms with Crippen molar-refractivity contribution in [1.82, 2.24) is 0 Å². The van der Waals surface area contributed by atoms with E-state index in [0.717, 1.165) is 11.4 Å². The molecule has 21 heavy (non-hydrogen) atoms. The van der Waals surface area contributed by atoms with Gasteiger partial charge in [0.2, 0.25) is 0 Å². The molecule has 1 fully saturated rings. The normalized spacial score (nSPS) is 17.2. The first-order valence-corrected chi connectivity index (χ1v) is 8.04. The van der Waals surface area contributed by atoms with Gasteiger partial charge < -0.3 is 15.0 Å². The number of rotatable bonds is 6. The van der Waals surface area contributed by atoms with E-state index in [2.05, 4.69) is 12.4 Å². The second kappa shape index (κ2) is 8.03. The maximum Gasteiger partial charge on any atom is 0.279 e. The van der Waals surface area contributed by atoms with Crippen LogP contribution in [0.5, 0.6) is 5.75 Å². The van der Waals surface area contributed by atoms with Crippen LogP contribution in [0.2, 0.25) is 0 Å². The average molecular weight is 291 g/mol. The largest absolute Gasteiger partial charge is 0.492 e. The van der Waals surface area contributed by atoms with Crippen LogP contribution in [-0.4, -0.2) is 32.1 Å². The summed E-state index contributed by atoms with van der Waals surface area (Å²) < 4.78 is 5.54. The Hall–Kier alpha value is -1.55. The quantitative estimate of drug-likeness (QED) is 0.840. The number of hydrogen-bond acceptors (Lipinski definition) is 2. The zero-order valence-electron chi connectivity index (χ0n) is 13.2. The maximum atomic E-state index is 12.2. The van der Waals surface area contributed by atoms with Gasteiger partial charge in [0, 0.05) is 0 Å². The van der Waals surface area contributed by atoms with Crippen LogP contribution in [0.15, 0.2) is 24.3 Å². The molecule has 0 heterocycles. The Morgan fingerprint density at radius 1 is 1.29 bits per heavy atom. The third-order valence-corrected chi connectivity index (χ3v) is 4.20. The van der Waals surface area contributed by atoms with E-state index in [1.165, 1.54) is 37.0 Å². The van der Waals surface area contributed by atoms with E-state index in [0.29, 0.717) is 19.2 Å². The molecule has 4 nitrogen and oxygen atoms in total. The molecule has 1 aromatic carbocycles. The first kappa shape index (κ1) is 15.8. The van der Waals surface area contributed by atoms with Crippen LogP contribution >= 0.6 is 0 Å². The molecule has 2 rings (SSSR count). The Morgan fingerprint density at radius 3 is 2.71 bits per heavy atom. The first-order valence-electron chi connectivity index (χ1n) is 8.04. The Kier molecular flexibility index (Phi) is 6.05. The van der Waals surface area contributed by atoms with Gasteiger partial charge in [0.25, 0.3) is 5.91 Å². The highest BCUT2D eigenvalue weighted by Crippen LogP contribution is 2.23. The van der Waals surface area contributed by atoms with Gasteiger partial charge in [0.1, 0.15) is 5.75 Å². The van der Waals surface area contributed by atoms with Crippen LogP contribution in [-0.2, 0) is 4.79 Å². The van der Waals surface area contributed by atoms with Gasteiger partial charge in [-0.05, 0) is 44.7 Å². The standard InChI is InChI=1S/C17H26N2O2/c1-3-21-16-12-8-7-11-15(16)18-17(20)13-19(2)14-9-5-4-6-10-14/h7-8,11-12,14H,3-6,9-10,13H2,1-2H3,(H,18,20)/p+1. The summed E-state index contributed by atoms with van der Waals surface area (Å²) in [7, 11) is 2.13. The molecule has 1 amide bonds. The number of benzene rings is 1. The predicted octanol–water partition coefficient (Wildman–Crippen LogP) is 1.87. The number of amides is 1. The molecule has 0 aromatic heterocycles. The van der Waals surface area contributed by atoms with Crippen LogP contribution in [0.1, 0.15) is 39.0 Å². The zero-order valence-corrected chi connectivity index (χ0v) is 13.2. The summed E-state index contributed by atoms with van der Waals surface area (Å²) in [6.45, 7) is 3.06. The highest BCUT2D eigenvalue weighted by atomic mass is 16.5. The van der Waals surface area contributed by atoms with Crippen LogP contribution in [0.25, 0.3) is 0 Å². The van der Waals surface area contributed by atoms with Crippen LogP contribution < -0.4 is 15.0 Å². The number of nitrogens with one attached hydrogen (secondary N) is 2. The Bertz CT molecular complexity index is 456. The van der Waals surface area contributed by atoms with Crippen molar-refractivity contribution < 1.29 is 14.4 Å². The van der Waals surface area contributed by atoms with E-state index in [1.54, 1.807) is 0 Å². The van der Waals surface area contributed by atoms with Crippen molar-refractivity contribution in [3.63, 3.8) is 0 Å². The molecule has 1 saturated carbocycles. The van der Waals surface area contributed by atoms with E-state index in [-0.39, 0.29) is 5.91 Å². The lowest BCUT2D eigenvalue weighted by atomic mass is 9.94. The molecule has 0 aliphatic heterocycles. The third kappa shape index (κ3) is 4.74. The number of likely N-dealkylation sites (N-methyl/N-ethyl adjacent to an activating group) is 1. The number of hydrogen-bond donors (Lipinski definition) is 2. The molecule has 1 aliphatic carbocycles. The minimum absolute atomic E-state index is 0.0604. The number of carbonyl (C=O) groups is 1. The van der Waals surface area contributed by atoms with Crippen molar-refractivity contribution in [2.24, 2.45) is 0 Å². The molecule has 4 heteroatoms. The average Bonchev–Trinajstić information content (AvgIpc) is 2.50. The molecule has 0 bridgehead atoms. The topological polar surface area (TPSA) is 42.8 Å². The second-order valence-electron chi connectivity index (χ2n) is 5.84. The summed E-state index contributed by atoms with van der Waals surface area (Å²) in [5.41, 5.74) is 0.765. The highest BCUT2D eigenvalue weighted by Gasteiger charge is 2.23. The number of para-hydroxylation sites is 2. The molecule has 1 unspecified atom stereocenters. The van der Waals surface area contributed by atoms with Crippen LogP contribution in [0.4, 0.5) is 5.69 Å². The van der Waals surface area contributed by atoms with Gasteiger partial charge in [0.05, 0.1) is 25.4 Å². The minimum Gasteiger partial charge on any atom is -0.492 e. The number of anilines is 1. The fraction of sp³-hybridized carbons (Fsp3) is 0.588. The SMILES string of the molecule is CCOc1ccccc1NC(=O)C[NH+](C)C1CCCCC1. The van der Waals surface area contributed by atoms with Crippen molar-refractivity contribution in [3.05, 3.63) is 24.3 Å². The maximum absolute atomic E-state index is 12.2. The fourth-order valence-corrected chi connectivity index (χ4v) is 3.04. The van der Waals surface area contributed by atoms with Crippen molar-refractivity contribution in [2.45, 2.75) is 45.1 Å². The molecule has 1 aliphatic rings. The van der Waals surface area contributed by atoms with Crippen molar-refractivity contribution in [1.29, 1.82) is 0 Å². The molecule has 2 N–H and O–H groups in total. The molecular weight excluding hydrogens is 264 g/mol. The van der Waals surface area contributed by atoms with Gasteiger partial charge in [-0.3, -0.25) is 4.79 Å². The fourth-order valence-electron chi connectivity index (χ4n) is 3.04. The molecular formula is C17H27N2O2+. The lowest BCUT2D eigenvalue weighted by Crippen LogP contribution is -3.14. The zero-order chi connectivity index (χ0) is 15.1. The van der Waals surface area contributed by atoms with Crippen molar-refractivity contribution in [3.8, 4) is 5.75 Å². The van der Waals surface area contributed by atoms with Gasteiger partial charge in [-0.15, -0.1) is 0 Å². The number of carbonyl (C=O) groups excluding carboxylic acids is 1. The molecule has 0 radical (unpaired) electrons. The minimum atomic E-state index is 0.0604. The summed E-state index contributed by atoms with van der Waals surface area (Å²) in [6.07, 6.45) is 6.44. The summed E-state index contributed by atoms with van der Waals surface area (Å²) >= 11 is 0. The number of ether oxygens (including phenoxy) is 1. The van der Waals surface area contributed by atoms with Crippen LogP contribution in [0, 0.1) is 0 Å². The van der Waals surface area contributed by atoms with E-state index in [4.69, 9.17) is 4.74 Å². The van der Waals surface area contributed by atoms with E-state index in [9.17, 15) is 4.79 Å². The van der Waals surface area contributed by atoms with Gasteiger partial charge in [-0.2, -0.15) is 0 Å². The second-order valence-corrected chi connectivity index (χ2v) is 5.84. The van der Waals surface area contributed by atoms with E-state index < -0.39 is 0 Å². The van der Waals surface area contributed by atoms with Gasteiger partial charge in [0.15, 0.2) is 6.54 Å². The van der Waals surface area contributed by atoms with Crippen molar-refractivity contribution >= 4 is 11.6 Å². The Balaban J connectivity index is 1.89. The first-order chi connectivity index (χ1) is 10.2. The van der Waals surface area contributed by atoms with E-state index >= 15 is 0 Å². The van der Waals surface area contributed by atoms with Crippen LogP contribution in [0.3, 0.4) is 0 Å². The summed E-state index contributed by atoms with van der Waals surface area (Å²) in [4.78, 5) is 13.6. The Morgan fingerprint density at radius 2 is 2.00 bits per heavy atom. The predicted molar refractivity (Wildman–Crippen MR) is 84.9 cm³/mol. The molecule has 0 saturated heterocycles. The van der Waals surface area contributed by atoms with Gasteiger partial charge >= 0.3 is 0 Å². The summed E-state index contributed by atoms with van der Waals surface area (Å²) in [5.74, 6) is 0.800. The third-order valence-electron chi connectivity index (χ3n) is 4.20. The summed E-state index contributed by atoms with van der Waals surface area (Å²) in [5, 5.41) is 2.98.